The van der Waals surface area contributed by atoms with Gasteiger partial charge in [0.25, 0.3) is 5.56 Å². The number of hydrogen-bond donors (Lipinski definition) is 1. The lowest BCUT2D eigenvalue weighted by molar-refractivity contribution is -0.132. The maximum absolute atomic E-state index is 12.2. The van der Waals surface area contributed by atoms with Crippen LogP contribution in [0.25, 0.3) is 0 Å². The number of carbonyl (C=O) groups is 2. The maximum Gasteiger partial charge on any atom is 0.262 e. The first-order valence-electron chi connectivity index (χ1n) is 6.70. The van der Waals surface area contributed by atoms with E-state index in [9.17, 15) is 14.4 Å². The highest BCUT2D eigenvalue weighted by Crippen LogP contribution is 2.02. The molecule has 2 rings (SSSR count). The van der Waals surface area contributed by atoms with Gasteiger partial charge in [0, 0.05) is 31.9 Å². The third-order valence-electron chi connectivity index (χ3n) is 3.53. The van der Waals surface area contributed by atoms with Crippen LogP contribution in [0.1, 0.15) is 23.0 Å². The van der Waals surface area contributed by atoms with Crippen molar-refractivity contribution in [1.82, 2.24) is 14.8 Å². The summed E-state index contributed by atoms with van der Waals surface area (Å²) in [6.45, 7) is 5.95. The molecule has 0 radical (unpaired) electrons. The lowest BCUT2D eigenvalue weighted by Gasteiger charge is -2.28. The predicted octanol–water partition coefficient (Wildman–Crippen LogP) is -0.209. The zero-order valence-corrected chi connectivity index (χ0v) is 11.8. The molecule has 0 aliphatic carbocycles. The Morgan fingerprint density at radius 1 is 1.25 bits per heavy atom. The zero-order chi connectivity index (χ0) is 14.7. The molecule has 6 heteroatoms. The van der Waals surface area contributed by atoms with E-state index in [0.29, 0.717) is 18.8 Å². The Morgan fingerprint density at radius 2 is 1.90 bits per heavy atom. The number of Topliss-reactive ketones (excluding diaryl/α,β-unsaturated/α-hetero) is 1. The third-order valence-corrected chi connectivity index (χ3v) is 3.53. The van der Waals surface area contributed by atoms with E-state index in [1.54, 1.807) is 17.9 Å². The highest BCUT2D eigenvalue weighted by atomic mass is 16.2. The van der Waals surface area contributed by atoms with Crippen molar-refractivity contribution in [2.75, 3.05) is 26.2 Å². The minimum atomic E-state index is -0.388. The van der Waals surface area contributed by atoms with Gasteiger partial charge in [-0.05, 0) is 26.0 Å². The molecule has 1 saturated heterocycles. The Kier molecular flexibility index (Phi) is 4.34. The fraction of sp³-hybridized carbons (Fsp3) is 0.500. The van der Waals surface area contributed by atoms with Crippen LogP contribution in [0, 0.1) is 6.92 Å². The van der Waals surface area contributed by atoms with E-state index in [0.717, 1.165) is 13.1 Å². The molecule has 0 atom stereocenters. The molecule has 0 bridgehead atoms. The topological polar surface area (TPSA) is 71.4 Å². The summed E-state index contributed by atoms with van der Waals surface area (Å²) in [7, 11) is 0. The molecule has 1 amide bonds. The molecule has 0 spiro atoms. The SMILES string of the molecule is CC(=O)c1ccc(C)n(CC(=O)N2CCNCC2)c1=O. The highest BCUT2D eigenvalue weighted by Gasteiger charge is 2.18. The highest BCUT2D eigenvalue weighted by molar-refractivity contribution is 5.93. The Labute approximate surface area is 117 Å². The van der Waals surface area contributed by atoms with Crippen LogP contribution in [-0.4, -0.2) is 47.3 Å². The summed E-state index contributed by atoms with van der Waals surface area (Å²) in [4.78, 5) is 37.6. The number of nitrogens with zero attached hydrogens (tertiary/aromatic N) is 2. The molecular weight excluding hydrogens is 258 g/mol. The molecule has 1 fully saturated rings. The molecule has 6 nitrogen and oxygen atoms in total. The summed E-state index contributed by atoms with van der Waals surface area (Å²) in [5.41, 5.74) is 0.424. The number of aromatic nitrogens is 1. The summed E-state index contributed by atoms with van der Waals surface area (Å²) in [6.07, 6.45) is 0. The number of carbonyl (C=O) groups excluding carboxylic acids is 2. The average molecular weight is 277 g/mol. The molecule has 1 aromatic heterocycles. The largest absolute Gasteiger partial charge is 0.339 e. The number of pyridine rings is 1. The van der Waals surface area contributed by atoms with E-state index < -0.39 is 0 Å². The van der Waals surface area contributed by atoms with Crippen molar-refractivity contribution >= 4 is 11.7 Å². The van der Waals surface area contributed by atoms with Gasteiger partial charge in [-0.2, -0.15) is 0 Å². The van der Waals surface area contributed by atoms with Gasteiger partial charge in [0.1, 0.15) is 6.54 Å². The van der Waals surface area contributed by atoms with Crippen LogP contribution in [0.2, 0.25) is 0 Å². The maximum atomic E-state index is 12.2. The van der Waals surface area contributed by atoms with Crippen LogP contribution in [0.4, 0.5) is 0 Å². The van der Waals surface area contributed by atoms with Crippen LogP contribution < -0.4 is 10.9 Å². The summed E-state index contributed by atoms with van der Waals surface area (Å²) >= 11 is 0. The van der Waals surface area contributed by atoms with Crippen LogP contribution in [0.5, 0.6) is 0 Å². The van der Waals surface area contributed by atoms with Crippen molar-refractivity contribution < 1.29 is 9.59 Å². The Hall–Kier alpha value is -1.95. The van der Waals surface area contributed by atoms with Gasteiger partial charge in [-0.15, -0.1) is 0 Å². The van der Waals surface area contributed by atoms with Gasteiger partial charge in [0.15, 0.2) is 5.78 Å². The molecule has 0 aromatic carbocycles. The minimum Gasteiger partial charge on any atom is -0.339 e. The van der Waals surface area contributed by atoms with Crippen molar-refractivity contribution in [2.24, 2.45) is 0 Å². The number of ketones is 1. The molecule has 1 aliphatic rings. The van der Waals surface area contributed by atoms with Crippen molar-refractivity contribution in [3.63, 3.8) is 0 Å². The van der Waals surface area contributed by atoms with Gasteiger partial charge in [0.05, 0.1) is 5.56 Å². The fourth-order valence-corrected chi connectivity index (χ4v) is 2.28. The predicted molar refractivity (Wildman–Crippen MR) is 74.9 cm³/mol. The number of nitrogens with one attached hydrogen (secondary N) is 1. The van der Waals surface area contributed by atoms with Gasteiger partial charge < -0.3 is 14.8 Å². The molecule has 1 N–H and O–H groups in total. The Bertz CT molecular complexity index is 586. The van der Waals surface area contributed by atoms with Gasteiger partial charge >= 0.3 is 0 Å². The van der Waals surface area contributed by atoms with Crippen LogP contribution >= 0.6 is 0 Å². The summed E-state index contributed by atoms with van der Waals surface area (Å²) in [5, 5.41) is 3.17. The van der Waals surface area contributed by atoms with Crippen molar-refractivity contribution in [3.8, 4) is 0 Å². The third kappa shape index (κ3) is 2.96. The van der Waals surface area contributed by atoms with Gasteiger partial charge in [-0.3, -0.25) is 14.4 Å². The van der Waals surface area contributed by atoms with Crippen LogP contribution in [0.3, 0.4) is 0 Å². The molecule has 1 aliphatic heterocycles. The quantitative estimate of drug-likeness (QED) is 0.776. The van der Waals surface area contributed by atoms with Crippen LogP contribution in [0.15, 0.2) is 16.9 Å². The zero-order valence-electron chi connectivity index (χ0n) is 11.8. The first-order chi connectivity index (χ1) is 9.50. The van der Waals surface area contributed by atoms with E-state index in [4.69, 9.17) is 0 Å². The number of aryl methyl sites for hydroxylation is 1. The number of rotatable bonds is 3. The second-order valence-corrected chi connectivity index (χ2v) is 4.97. The van der Waals surface area contributed by atoms with E-state index in [1.807, 2.05) is 0 Å². The Morgan fingerprint density at radius 3 is 2.50 bits per heavy atom. The standard InChI is InChI=1S/C14H19N3O3/c1-10-3-4-12(11(2)18)14(20)17(10)9-13(19)16-7-5-15-6-8-16/h3-4,15H,5-9H2,1-2H3. The second kappa shape index (κ2) is 6.00. The van der Waals surface area contributed by atoms with E-state index >= 15 is 0 Å². The van der Waals surface area contributed by atoms with Gasteiger partial charge in [-0.1, -0.05) is 0 Å². The van der Waals surface area contributed by atoms with Gasteiger partial charge in [0.2, 0.25) is 5.91 Å². The molecule has 1 aromatic rings. The summed E-state index contributed by atoms with van der Waals surface area (Å²) in [6, 6.07) is 3.22. The second-order valence-electron chi connectivity index (χ2n) is 4.97. The molecule has 0 unspecified atom stereocenters. The summed E-state index contributed by atoms with van der Waals surface area (Å²) in [5.74, 6) is -0.365. The molecule has 20 heavy (non-hydrogen) atoms. The fourth-order valence-electron chi connectivity index (χ4n) is 2.28. The van der Waals surface area contributed by atoms with E-state index in [1.165, 1.54) is 17.6 Å². The normalized spacial score (nSPS) is 15.2. The lowest BCUT2D eigenvalue weighted by Crippen LogP contribution is -2.48. The number of hydrogen-bond acceptors (Lipinski definition) is 4. The van der Waals surface area contributed by atoms with Crippen molar-refractivity contribution in [2.45, 2.75) is 20.4 Å². The monoisotopic (exact) mass is 277 g/mol. The smallest absolute Gasteiger partial charge is 0.262 e. The lowest BCUT2D eigenvalue weighted by atomic mass is 10.2. The van der Waals surface area contributed by atoms with E-state index in [2.05, 4.69) is 5.32 Å². The first kappa shape index (κ1) is 14.5. The van der Waals surface area contributed by atoms with E-state index in [-0.39, 0.29) is 29.4 Å². The average Bonchev–Trinajstić information content (AvgIpc) is 2.43. The molecule has 2 heterocycles. The van der Waals surface area contributed by atoms with Crippen molar-refractivity contribution in [3.05, 3.63) is 33.7 Å². The molecular formula is C14H19N3O3. The molecule has 108 valence electrons. The van der Waals surface area contributed by atoms with Gasteiger partial charge in [-0.25, -0.2) is 0 Å². The Balaban J connectivity index is 2.24. The number of amides is 1. The number of piperazine rings is 1. The summed E-state index contributed by atoms with van der Waals surface area (Å²) < 4.78 is 1.38. The minimum absolute atomic E-state index is 0.00815. The van der Waals surface area contributed by atoms with Crippen molar-refractivity contribution in [1.29, 1.82) is 0 Å². The van der Waals surface area contributed by atoms with Crippen LogP contribution in [-0.2, 0) is 11.3 Å². The molecule has 0 saturated carbocycles. The first-order valence-corrected chi connectivity index (χ1v) is 6.70.